The molecule has 1 heterocycles. The van der Waals surface area contributed by atoms with E-state index in [4.69, 9.17) is 32.7 Å². The number of benzene rings is 3. The minimum Gasteiger partial charge on any atom is -0.493 e. The average Bonchev–Trinajstić information content (AvgIpc) is 3.16. The van der Waals surface area contributed by atoms with Gasteiger partial charge in [-0.1, -0.05) is 29.3 Å². The molecular formula is C25H22Cl2N2O5S. The molecule has 0 spiro atoms. The molecule has 0 amide bonds. The molecule has 4 rings (SSSR count). The predicted molar refractivity (Wildman–Crippen MR) is 138 cm³/mol. The highest BCUT2D eigenvalue weighted by atomic mass is 35.5. The van der Waals surface area contributed by atoms with Crippen LogP contribution >= 0.6 is 23.2 Å². The van der Waals surface area contributed by atoms with Crippen LogP contribution in [0.4, 0.5) is 5.69 Å². The maximum Gasteiger partial charge on any atom is 0.263 e. The number of carbonyl (C=O) groups excluding carboxylic acids is 1. The highest BCUT2D eigenvalue weighted by Gasteiger charge is 2.23. The number of aryl methyl sites for hydroxylation is 1. The molecule has 0 saturated heterocycles. The van der Waals surface area contributed by atoms with Crippen molar-refractivity contribution in [2.24, 2.45) is 0 Å². The molecule has 0 radical (unpaired) electrons. The number of hydrogen-bond acceptors (Lipinski definition) is 5. The lowest BCUT2D eigenvalue weighted by Crippen LogP contribution is -2.14. The third kappa shape index (κ3) is 5.40. The molecule has 4 aromatic rings. The van der Waals surface area contributed by atoms with E-state index < -0.39 is 10.0 Å². The number of aromatic amines is 1. The van der Waals surface area contributed by atoms with E-state index in [-0.39, 0.29) is 33.6 Å². The second-order valence-electron chi connectivity index (χ2n) is 8.00. The maximum absolute atomic E-state index is 13.3. The summed E-state index contributed by atoms with van der Waals surface area (Å²) in [5, 5.41) is 0.926. The summed E-state index contributed by atoms with van der Waals surface area (Å²) in [5.74, 6) is 1.04. The molecule has 0 atom stereocenters. The van der Waals surface area contributed by atoms with Crippen molar-refractivity contribution in [3.05, 3.63) is 75.9 Å². The molecule has 3 aromatic carbocycles. The summed E-state index contributed by atoms with van der Waals surface area (Å²) < 4.78 is 40.8. The second kappa shape index (κ2) is 9.81. The Morgan fingerprint density at radius 3 is 2.43 bits per heavy atom. The van der Waals surface area contributed by atoms with Crippen molar-refractivity contribution in [2.45, 2.75) is 25.2 Å². The molecule has 0 aliphatic carbocycles. The number of fused-ring (bicyclic) bond motifs is 1. The van der Waals surface area contributed by atoms with Gasteiger partial charge in [0.15, 0.2) is 17.2 Å². The van der Waals surface area contributed by atoms with Crippen LogP contribution in [0.2, 0.25) is 10.0 Å². The van der Waals surface area contributed by atoms with Crippen LogP contribution in [-0.2, 0) is 21.2 Å². The molecule has 0 fully saturated rings. The van der Waals surface area contributed by atoms with Gasteiger partial charge in [-0.2, -0.15) is 0 Å². The zero-order valence-corrected chi connectivity index (χ0v) is 21.4. The van der Waals surface area contributed by atoms with E-state index in [1.54, 1.807) is 30.3 Å². The van der Waals surface area contributed by atoms with Crippen LogP contribution in [0.15, 0.2) is 59.5 Å². The zero-order valence-electron chi connectivity index (χ0n) is 19.1. The first-order valence-corrected chi connectivity index (χ1v) is 12.8. The summed E-state index contributed by atoms with van der Waals surface area (Å²) in [7, 11) is -2.61. The Hall–Kier alpha value is -3.20. The first-order chi connectivity index (χ1) is 16.6. The zero-order chi connectivity index (χ0) is 25.3. The molecule has 1 aromatic heterocycles. The minimum absolute atomic E-state index is 0.00683. The number of H-pyrrole nitrogens is 1. The number of aromatic nitrogens is 1. The lowest BCUT2D eigenvalue weighted by Gasteiger charge is -2.17. The van der Waals surface area contributed by atoms with Gasteiger partial charge < -0.3 is 14.5 Å². The van der Waals surface area contributed by atoms with E-state index >= 15 is 0 Å². The SMILES string of the molecule is COc1cc(CC(C)=O)ccc1Oc1ccc2[nH]c(C)cc2c1NS(=O)(=O)c1ccc(Cl)cc1Cl. The number of nitrogens with one attached hydrogen (secondary N) is 2. The van der Waals surface area contributed by atoms with Crippen LogP contribution in [0, 0.1) is 6.92 Å². The minimum atomic E-state index is -4.10. The molecule has 0 aliphatic rings. The van der Waals surface area contributed by atoms with Crippen molar-refractivity contribution < 1.29 is 22.7 Å². The van der Waals surface area contributed by atoms with Crippen molar-refractivity contribution in [3.8, 4) is 17.2 Å². The lowest BCUT2D eigenvalue weighted by molar-refractivity contribution is -0.116. The predicted octanol–water partition coefficient (Wildman–Crippen LogP) is 6.52. The third-order valence-corrected chi connectivity index (χ3v) is 7.29. The molecule has 182 valence electrons. The third-order valence-electron chi connectivity index (χ3n) is 5.22. The van der Waals surface area contributed by atoms with Crippen LogP contribution in [0.3, 0.4) is 0 Å². The van der Waals surface area contributed by atoms with E-state index in [1.165, 1.54) is 32.2 Å². The molecule has 7 nitrogen and oxygen atoms in total. The second-order valence-corrected chi connectivity index (χ2v) is 10.5. The van der Waals surface area contributed by atoms with Crippen molar-refractivity contribution >= 4 is 55.6 Å². The molecule has 0 bridgehead atoms. The van der Waals surface area contributed by atoms with Gasteiger partial charge in [0.05, 0.1) is 12.1 Å². The van der Waals surface area contributed by atoms with Gasteiger partial charge in [-0.25, -0.2) is 8.42 Å². The van der Waals surface area contributed by atoms with Crippen LogP contribution in [0.1, 0.15) is 18.2 Å². The number of rotatable bonds is 8. The Kier molecular flexibility index (Phi) is 6.98. The van der Waals surface area contributed by atoms with Gasteiger partial charge in [0.1, 0.15) is 16.4 Å². The van der Waals surface area contributed by atoms with E-state index in [0.29, 0.717) is 21.9 Å². The van der Waals surface area contributed by atoms with Crippen molar-refractivity contribution in [1.82, 2.24) is 4.98 Å². The van der Waals surface area contributed by atoms with E-state index in [9.17, 15) is 13.2 Å². The normalized spacial score (nSPS) is 11.5. The molecule has 0 aliphatic heterocycles. The van der Waals surface area contributed by atoms with Crippen molar-refractivity contribution in [3.63, 3.8) is 0 Å². The number of methoxy groups -OCH3 is 1. The molecule has 0 saturated carbocycles. The van der Waals surface area contributed by atoms with Crippen molar-refractivity contribution in [2.75, 3.05) is 11.8 Å². The smallest absolute Gasteiger partial charge is 0.263 e. The Morgan fingerprint density at radius 1 is 1.00 bits per heavy atom. The fourth-order valence-electron chi connectivity index (χ4n) is 3.71. The summed E-state index contributed by atoms with van der Waals surface area (Å²) in [6.07, 6.45) is 0.262. The fourth-order valence-corrected chi connectivity index (χ4v) is 5.57. The molecular weight excluding hydrogens is 511 g/mol. The number of ketones is 1. The summed E-state index contributed by atoms with van der Waals surface area (Å²) in [6, 6.07) is 14.6. The highest BCUT2D eigenvalue weighted by molar-refractivity contribution is 7.92. The van der Waals surface area contributed by atoms with E-state index in [2.05, 4.69) is 9.71 Å². The van der Waals surface area contributed by atoms with Crippen molar-refractivity contribution in [1.29, 1.82) is 0 Å². The van der Waals surface area contributed by atoms with Gasteiger partial charge in [0.25, 0.3) is 10.0 Å². The summed E-state index contributed by atoms with van der Waals surface area (Å²) in [4.78, 5) is 14.6. The highest BCUT2D eigenvalue weighted by Crippen LogP contribution is 2.41. The monoisotopic (exact) mass is 532 g/mol. The topological polar surface area (TPSA) is 97.5 Å². The molecule has 2 N–H and O–H groups in total. The summed E-state index contributed by atoms with van der Waals surface area (Å²) in [6.45, 7) is 3.38. The first kappa shape index (κ1) is 24.9. The van der Waals surface area contributed by atoms with Crippen LogP contribution in [-0.4, -0.2) is 26.3 Å². The van der Waals surface area contributed by atoms with Crippen LogP contribution < -0.4 is 14.2 Å². The van der Waals surface area contributed by atoms with E-state index in [0.717, 1.165) is 16.8 Å². The number of carbonyl (C=O) groups is 1. The van der Waals surface area contributed by atoms with E-state index in [1.807, 2.05) is 13.0 Å². The van der Waals surface area contributed by atoms with Crippen LogP contribution in [0.25, 0.3) is 10.9 Å². The van der Waals surface area contributed by atoms with Gasteiger partial charge in [0, 0.05) is 28.0 Å². The number of hydrogen-bond donors (Lipinski definition) is 2. The summed E-state index contributed by atoms with van der Waals surface area (Å²) >= 11 is 12.1. The van der Waals surface area contributed by atoms with Gasteiger partial charge in [0.2, 0.25) is 0 Å². The quantitative estimate of drug-likeness (QED) is 0.269. The summed E-state index contributed by atoms with van der Waals surface area (Å²) in [5.41, 5.74) is 2.57. The average molecular weight is 533 g/mol. The Morgan fingerprint density at radius 2 is 1.74 bits per heavy atom. The van der Waals surface area contributed by atoms with Gasteiger partial charge >= 0.3 is 0 Å². The fraction of sp³-hybridized carbons (Fsp3) is 0.160. The Balaban J connectivity index is 1.80. The van der Waals surface area contributed by atoms with Gasteiger partial charge in [-0.3, -0.25) is 9.52 Å². The maximum atomic E-state index is 13.3. The number of ether oxygens (including phenoxy) is 2. The Labute approximate surface area is 213 Å². The largest absolute Gasteiger partial charge is 0.493 e. The standard InChI is InChI=1S/C25H22Cl2N2O5S/c1-14-10-18-20(28-14)6-8-22(34-21-7-4-16(11-15(2)30)12-23(21)33-3)25(18)29-35(31,32)24-9-5-17(26)13-19(24)27/h4-10,12-13,28-29H,11H2,1-3H3. The molecule has 10 heteroatoms. The molecule has 35 heavy (non-hydrogen) atoms. The number of halogens is 2. The van der Waals surface area contributed by atoms with Crippen LogP contribution in [0.5, 0.6) is 17.2 Å². The number of Topliss-reactive ketones (excluding diaryl/α,β-unsaturated/α-hetero) is 1. The lowest BCUT2D eigenvalue weighted by atomic mass is 10.1. The molecule has 0 unspecified atom stereocenters. The van der Waals surface area contributed by atoms with Gasteiger partial charge in [-0.15, -0.1) is 0 Å². The Bertz CT molecular complexity index is 1550. The van der Waals surface area contributed by atoms with Gasteiger partial charge in [-0.05, 0) is 67.9 Å². The number of sulfonamides is 1. The number of anilines is 1. The first-order valence-electron chi connectivity index (χ1n) is 10.5.